The average molecular weight is 288 g/mol. The summed E-state index contributed by atoms with van der Waals surface area (Å²) in [5.74, 6) is 0.156. The number of rotatable bonds is 3. The molecule has 98 valence electrons. The molecule has 0 aliphatic carbocycles. The van der Waals surface area contributed by atoms with E-state index in [2.05, 4.69) is 5.09 Å². The Labute approximate surface area is 110 Å². The van der Waals surface area contributed by atoms with Crippen LogP contribution in [0.5, 0.6) is 5.75 Å². The first-order valence-corrected chi connectivity index (χ1v) is 8.08. The van der Waals surface area contributed by atoms with Gasteiger partial charge in [-0.05, 0) is 36.8 Å². The Morgan fingerprint density at radius 2 is 2.39 bits per heavy atom. The number of nitrogens with zero attached hydrogens (tertiary/aromatic N) is 1. The van der Waals surface area contributed by atoms with Gasteiger partial charge in [-0.15, -0.1) is 0 Å². The first-order valence-electron chi connectivity index (χ1n) is 5.44. The fourth-order valence-electron chi connectivity index (χ4n) is 1.55. The first kappa shape index (κ1) is 13.4. The Balaban J connectivity index is 2.28. The van der Waals surface area contributed by atoms with Crippen LogP contribution in [-0.2, 0) is 16.3 Å². The van der Waals surface area contributed by atoms with Crippen molar-refractivity contribution in [1.82, 2.24) is 5.09 Å². The van der Waals surface area contributed by atoms with E-state index in [1.165, 1.54) is 6.07 Å². The van der Waals surface area contributed by atoms with Crippen molar-refractivity contribution in [3.05, 3.63) is 33.9 Å². The van der Waals surface area contributed by atoms with Crippen LogP contribution in [0.1, 0.15) is 12.0 Å². The molecule has 0 saturated carbocycles. The maximum Gasteiger partial charge on any atom is 0.313 e. The molecule has 1 atom stereocenters. The zero-order valence-corrected chi connectivity index (χ0v) is 11.5. The molecule has 1 N–H and O–H groups in total. The van der Waals surface area contributed by atoms with Gasteiger partial charge in [0.15, 0.2) is 0 Å². The topological polar surface area (TPSA) is 73.6 Å². The van der Waals surface area contributed by atoms with Crippen molar-refractivity contribution in [1.29, 1.82) is 0 Å². The van der Waals surface area contributed by atoms with Crippen molar-refractivity contribution in [2.24, 2.45) is 0 Å². The molecule has 1 aliphatic heterocycles. The molecule has 1 aromatic carbocycles. The molecular formula is C10H13N2O4PS. The lowest BCUT2D eigenvalue weighted by atomic mass is 10.2. The molecule has 1 aromatic rings. The van der Waals surface area contributed by atoms with Crippen LogP contribution in [0.4, 0.5) is 5.69 Å². The summed E-state index contributed by atoms with van der Waals surface area (Å²) in [6, 6.07) is 4.76. The van der Waals surface area contributed by atoms with Gasteiger partial charge in [0.2, 0.25) is 5.75 Å². The van der Waals surface area contributed by atoms with E-state index in [9.17, 15) is 10.1 Å². The van der Waals surface area contributed by atoms with Crippen molar-refractivity contribution >= 4 is 24.1 Å². The number of hydrogen-bond acceptors (Lipinski definition) is 5. The molecule has 1 fully saturated rings. The summed E-state index contributed by atoms with van der Waals surface area (Å²) in [5.41, 5.74) is 0.707. The van der Waals surface area contributed by atoms with Crippen molar-refractivity contribution in [3.63, 3.8) is 0 Å². The molecule has 2 rings (SSSR count). The van der Waals surface area contributed by atoms with Crippen LogP contribution >= 0.6 is 6.64 Å². The van der Waals surface area contributed by atoms with E-state index in [0.717, 1.165) is 12.0 Å². The predicted molar refractivity (Wildman–Crippen MR) is 71.3 cm³/mol. The summed E-state index contributed by atoms with van der Waals surface area (Å²) in [6.45, 7) is 0.367. The van der Waals surface area contributed by atoms with Crippen molar-refractivity contribution < 1.29 is 14.0 Å². The van der Waals surface area contributed by atoms with E-state index in [4.69, 9.17) is 20.9 Å². The van der Waals surface area contributed by atoms with Crippen molar-refractivity contribution in [3.8, 4) is 5.75 Å². The molecule has 0 amide bonds. The van der Waals surface area contributed by atoms with Crippen LogP contribution in [0.25, 0.3) is 0 Å². The SMILES string of the molecule is Cc1ccc(OP2(=S)NCCCO2)c([N+](=O)[O-])c1. The highest BCUT2D eigenvalue weighted by molar-refractivity contribution is 8.09. The molecule has 1 saturated heterocycles. The molecule has 0 aromatic heterocycles. The lowest BCUT2D eigenvalue weighted by Crippen LogP contribution is -2.24. The Hall–Kier alpha value is -1.01. The largest absolute Gasteiger partial charge is 0.425 e. The summed E-state index contributed by atoms with van der Waals surface area (Å²) in [6.07, 6.45) is 0.859. The quantitative estimate of drug-likeness (QED) is 0.523. The summed E-state index contributed by atoms with van der Waals surface area (Å²) in [7, 11) is 0. The predicted octanol–water partition coefficient (Wildman–Crippen LogP) is 2.52. The minimum atomic E-state index is -2.64. The third-order valence-electron chi connectivity index (χ3n) is 2.42. The van der Waals surface area contributed by atoms with Crippen LogP contribution in [-0.4, -0.2) is 18.1 Å². The zero-order chi connectivity index (χ0) is 13.2. The fraction of sp³-hybridized carbons (Fsp3) is 0.400. The van der Waals surface area contributed by atoms with E-state index < -0.39 is 11.6 Å². The maximum absolute atomic E-state index is 11.0. The average Bonchev–Trinajstić information content (AvgIpc) is 2.32. The van der Waals surface area contributed by atoms with E-state index in [-0.39, 0.29) is 11.4 Å². The molecule has 0 spiro atoms. The fourth-order valence-corrected chi connectivity index (χ4v) is 3.72. The zero-order valence-electron chi connectivity index (χ0n) is 9.79. The molecule has 18 heavy (non-hydrogen) atoms. The van der Waals surface area contributed by atoms with E-state index in [0.29, 0.717) is 13.2 Å². The number of hydrogen-bond donors (Lipinski definition) is 1. The first-order chi connectivity index (χ1) is 8.50. The number of aryl methyl sites for hydroxylation is 1. The van der Waals surface area contributed by atoms with Crippen LogP contribution in [0, 0.1) is 17.0 Å². The van der Waals surface area contributed by atoms with E-state index in [1.54, 1.807) is 19.1 Å². The Morgan fingerprint density at radius 1 is 1.61 bits per heavy atom. The van der Waals surface area contributed by atoms with Crippen LogP contribution < -0.4 is 9.61 Å². The van der Waals surface area contributed by atoms with Gasteiger partial charge in [-0.3, -0.25) is 10.1 Å². The normalized spacial score (nSPS) is 23.6. The second-order valence-electron chi connectivity index (χ2n) is 3.91. The summed E-state index contributed by atoms with van der Waals surface area (Å²) in [4.78, 5) is 10.5. The highest BCUT2D eigenvalue weighted by atomic mass is 32.5. The molecule has 1 aliphatic rings. The van der Waals surface area contributed by atoms with Crippen molar-refractivity contribution in [2.75, 3.05) is 13.2 Å². The second-order valence-corrected chi connectivity index (χ2v) is 7.11. The second kappa shape index (κ2) is 5.32. The monoisotopic (exact) mass is 288 g/mol. The Bertz CT molecular complexity index is 513. The maximum atomic E-state index is 11.0. The number of nitro groups is 1. The summed E-state index contributed by atoms with van der Waals surface area (Å²) in [5, 5.41) is 13.9. The van der Waals surface area contributed by atoms with Gasteiger partial charge in [-0.25, -0.2) is 5.09 Å². The van der Waals surface area contributed by atoms with Crippen LogP contribution in [0.15, 0.2) is 18.2 Å². The van der Waals surface area contributed by atoms with Gasteiger partial charge in [-0.2, -0.15) is 0 Å². The molecule has 1 heterocycles. The standard InChI is InChI=1S/C10H13N2O4PS/c1-8-3-4-10(9(7-8)12(13)14)16-17(18)11-5-2-6-15-17/h3-4,7H,2,5-6H2,1H3,(H,11,18). The van der Waals surface area contributed by atoms with E-state index >= 15 is 0 Å². The summed E-state index contributed by atoms with van der Waals surface area (Å²) >= 11 is 5.25. The lowest BCUT2D eigenvalue weighted by molar-refractivity contribution is -0.385. The van der Waals surface area contributed by atoms with Gasteiger partial charge in [0.05, 0.1) is 11.5 Å². The molecule has 6 nitrogen and oxygen atoms in total. The smallest absolute Gasteiger partial charge is 0.313 e. The lowest BCUT2D eigenvalue weighted by Gasteiger charge is -2.27. The number of benzene rings is 1. The van der Waals surface area contributed by atoms with Gasteiger partial charge in [0.25, 0.3) is 0 Å². The van der Waals surface area contributed by atoms with E-state index in [1.807, 2.05) is 0 Å². The van der Waals surface area contributed by atoms with Crippen molar-refractivity contribution in [2.45, 2.75) is 13.3 Å². The molecule has 0 radical (unpaired) electrons. The molecule has 1 unspecified atom stereocenters. The Morgan fingerprint density at radius 3 is 3.00 bits per heavy atom. The van der Waals surface area contributed by atoms with Gasteiger partial charge < -0.3 is 9.05 Å². The van der Waals surface area contributed by atoms with Gasteiger partial charge in [-0.1, -0.05) is 6.07 Å². The number of nitro benzene ring substituents is 1. The minimum absolute atomic E-state index is 0.0878. The third kappa shape index (κ3) is 3.05. The minimum Gasteiger partial charge on any atom is -0.425 e. The van der Waals surface area contributed by atoms with Gasteiger partial charge >= 0.3 is 12.3 Å². The Kier molecular flexibility index (Phi) is 3.97. The third-order valence-corrected chi connectivity index (χ3v) is 4.92. The molecule has 0 bridgehead atoms. The highest BCUT2D eigenvalue weighted by Crippen LogP contribution is 2.48. The van der Waals surface area contributed by atoms with Crippen LogP contribution in [0.3, 0.4) is 0 Å². The number of nitrogens with one attached hydrogen (secondary N) is 1. The molecule has 8 heteroatoms. The highest BCUT2D eigenvalue weighted by Gasteiger charge is 2.27. The van der Waals surface area contributed by atoms with Crippen LogP contribution in [0.2, 0.25) is 0 Å². The molecular weight excluding hydrogens is 275 g/mol. The van der Waals surface area contributed by atoms with Gasteiger partial charge in [0, 0.05) is 12.6 Å². The van der Waals surface area contributed by atoms with Gasteiger partial charge in [0.1, 0.15) is 0 Å². The summed E-state index contributed by atoms with van der Waals surface area (Å²) < 4.78 is 10.9.